The first-order valence-electron chi connectivity index (χ1n) is 7.12. The summed E-state index contributed by atoms with van der Waals surface area (Å²) in [5.41, 5.74) is 2.07. The molecule has 22 heavy (non-hydrogen) atoms. The zero-order valence-corrected chi connectivity index (χ0v) is 14.4. The largest absolute Gasteiger partial charge is 0.492 e. The molecule has 2 N–H and O–H groups in total. The van der Waals surface area contributed by atoms with E-state index >= 15 is 0 Å². The second kappa shape index (κ2) is 8.66. The molecule has 0 aliphatic heterocycles. The van der Waals surface area contributed by atoms with Gasteiger partial charge in [-0.05, 0) is 55.2 Å². The smallest absolute Gasteiger partial charge is 0.171 e. The van der Waals surface area contributed by atoms with Gasteiger partial charge in [-0.1, -0.05) is 24.3 Å². The van der Waals surface area contributed by atoms with Gasteiger partial charge in [0.25, 0.3) is 0 Å². The Morgan fingerprint density at radius 3 is 2.55 bits per heavy atom. The molecule has 0 heterocycles. The molecule has 2 aromatic rings. The number of thioether (sulfide) groups is 1. The van der Waals surface area contributed by atoms with E-state index in [9.17, 15) is 0 Å². The lowest BCUT2D eigenvalue weighted by atomic mass is 10.2. The number of anilines is 1. The molecule has 0 amide bonds. The molecule has 2 aromatic carbocycles. The van der Waals surface area contributed by atoms with Crippen LogP contribution in [0, 0.1) is 0 Å². The maximum absolute atomic E-state index is 5.57. The normalized spacial score (nSPS) is 10.1. The van der Waals surface area contributed by atoms with E-state index in [4.69, 9.17) is 17.0 Å². The van der Waals surface area contributed by atoms with Crippen LogP contribution in [0.2, 0.25) is 0 Å². The lowest BCUT2D eigenvalue weighted by Gasteiger charge is -2.14. The van der Waals surface area contributed by atoms with Crippen LogP contribution in [0.25, 0.3) is 0 Å². The van der Waals surface area contributed by atoms with Crippen molar-refractivity contribution in [2.45, 2.75) is 18.4 Å². The summed E-state index contributed by atoms with van der Waals surface area (Å²) in [6.45, 7) is 3.28. The number of ether oxygens (including phenoxy) is 1. The lowest BCUT2D eigenvalue weighted by molar-refractivity contribution is 0.342. The average Bonchev–Trinajstić information content (AvgIpc) is 2.55. The maximum atomic E-state index is 5.57. The minimum absolute atomic E-state index is 0.584. The van der Waals surface area contributed by atoms with E-state index in [2.05, 4.69) is 41.2 Å². The van der Waals surface area contributed by atoms with Crippen molar-refractivity contribution in [1.29, 1.82) is 0 Å². The third-order valence-electron chi connectivity index (χ3n) is 3.05. The number of benzene rings is 2. The molecule has 0 aliphatic carbocycles. The maximum Gasteiger partial charge on any atom is 0.171 e. The lowest BCUT2D eigenvalue weighted by Crippen LogP contribution is -2.28. The zero-order valence-electron chi connectivity index (χ0n) is 12.8. The summed E-state index contributed by atoms with van der Waals surface area (Å²) in [6.07, 6.45) is 2.07. The molecule has 0 radical (unpaired) electrons. The van der Waals surface area contributed by atoms with Crippen molar-refractivity contribution in [3.8, 4) is 5.75 Å². The Morgan fingerprint density at radius 2 is 1.86 bits per heavy atom. The van der Waals surface area contributed by atoms with Gasteiger partial charge in [-0.3, -0.25) is 0 Å². The summed E-state index contributed by atoms with van der Waals surface area (Å²) < 4.78 is 5.57. The van der Waals surface area contributed by atoms with Gasteiger partial charge in [0.2, 0.25) is 0 Å². The highest BCUT2D eigenvalue weighted by Gasteiger charge is 2.04. The third kappa shape index (κ3) is 4.93. The number of hydrogen-bond acceptors (Lipinski definition) is 3. The second-order valence-corrected chi connectivity index (χ2v) is 5.87. The molecule has 3 nitrogen and oxygen atoms in total. The van der Waals surface area contributed by atoms with E-state index in [1.165, 1.54) is 10.5 Å². The van der Waals surface area contributed by atoms with Crippen LogP contribution >= 0.6 is 24.0 Å². The Bertz CT molecular complexity index is 614. The van der Waals surface area contributed by atoms with Crippen LogP contribution in [0.15, 0.2) is 53.4 Å². The predicted molar refractivity (Wildman–Crippen MR) is 98.9 cm³/mol. The molecule has 0 unspecified atom stereocenters. The van der Waals surface area contributed by atoms with Gasteiger partial charge in [0.15, 0.2) is 5.11 Å². The molecule has 0 aromatic heterocycles. The number of hydrogen-bond donors (Lipinski definition) is 2. The van der Waals surface area contributed by atoms with Crippen LogP contribution in [0.5, 0.6) is 5.75 Å². The summed E-state index contributed by atoms with van der Waals surface area (Å²) in [5.74, 6) is 0.804. The van der Waals surface area contributed by atoms with Crippen LogP contribution in [0.1, 0.15) is 12.5 Å². The van der Waals surface area contributed by atoms with E-state index < -0.39 is 0 Å². The molecule has 0 spiro atoms. The fraction of sp³-hybridized carbons (Fsp3) is 0.235. The van der Waals surface area contributed by atoms with Gasteiger partial charge in [0, 0.05) is 11.4 Å². The van der Waals surface area contributed by atoms with Crippen molar-refractivity contribution in [2.75, 3.05) is 18.2 Å². The number of para-hydroxylation sites is 2. The standard InChI is InChI=1S/C17H20N2OS2/c1-3-20-16-7-5-4-6-15(16)19-17(21)18-12-13-8-10-14(22-2)11-9-13/h4-11H,3,12H2,1-2H3,(H2,18,19,21). The van der Waals surface area contributed by atoms with Gasteiger partial charge in [0.05, 0.1) is 12.3 Å². The van der Waals surface area contributed by atoms with E-state index in [1.807, 2.05) is 31.2 Å². The number of thiocarbonyl (C=S) groups is 1. The van der Waals surface area contributed by atoms with Crippen molar-refractivity contribution < 1.29 is 4.74 Å². The average molecular weight is 332 g/mol. The van der Waals surface area contributed by atoms with Crippen LogP contribution in [0.3, 0.4) is 0 Å². The van der Waals surface area contributed by atoms with Gasteiger partial charge in [0.1, 0.15) is 5.75 Å². The minimum atomic E-state index is 0.584. The molecule has 0 fully saturated rings. The van der Waals surface area contributed by atoms with Crippen molar-refractivity contribution in [3.05, 3.63) is 54.1 Å². The minimum Gasteiger partial charge on any atom is -0.492 e. The monoisotopic (exact) mass is 332 g/mol. The Labute approximate surface area is 141 Å². The second-order valence-electron chi connectivity index (χ2n) is 4.58. The highest BCUT2D eigenvalue weighted by Crippen LogP contribution is 2.23. The molecule has 116 valence electrons. The molecular formula is C17H20N2OS2. The van der Waals surface area contributed by atoms with Crippen molar-refractivity contribution in [2.24, 2.45) is 0 Å². The topological polar surface area (TPSA) is 33.3 Å². The Morgan fingerprint density at radius 1 is 1.14 bits per heavy atom. The van der Waals surface area contributed by atoms with Crippen molar-refractivity contribution in [3.63, 3.8) is 0 Å². The van der Waals surface area contributed by atoms with E-state index in [1.54, 1.807) is 11.8 Å². The van der Waals surface area contributed by atoms with Crippen LogP contribution in [-0.2, 0) is 6.54 Å². The Kier molecular flexibility index (Phi) is 6.55. The molecular weight excluding hydrogens is 312 g/mol. The van der Waals surface area contributed by atoms with Crippen molar-refractivity contribution in [1.82, 2.24) is 5.32 Å². The highest BCUT2D eigenvalue weighted by molar-refractivity contribution is 7.98. The summed E-state index contributed by atoms with van der Waals surface area (Å²) >= 11 is 7.08. The quantitative estimate of drug-likeness (QED) is 0.609. The number of rotatable bonds is 6. The van der Waals surface area contributed by atoms with E-state index in [0.717, 1.165) is 11.4 Å². The molecule has 0 saturated carbocycles. The van der Waals surface area contributed by atoms with Crippen LogP contribution < -0.4 is 15.4 Å². The summed E-state index contributed by atoms with van der Waals surface area (Å²) in [6, 6.07) is 16.2. The highest BCUT2D eigenvalue weighted by atomic mass is 32.2. The Balaban J connectivity index is 1.90. The van der Waals surface area contributed by atoms with E-state index in [-0.39, 0.29) is 0 Å². The summed E-state index contributed by atoms with van der Waals surface area (Å²) in [7, 11) is 0. The molecule has 0 saturated heterocycles. The summed E-state index contributed by atoms with van der Waals surface area (Å²) in [5, 5.41) is 6.98. The van der Waals surface area contributed by atoms with Crippen LogP contribution in [0.4, 0.5) is 5.69 Å². The SMILES string of the molecule is CCOc1ccccc1NC(=S)NCc1ccc(SC)cc1. The van der Waals surface area contributed by atoms with Gasteiger partial charge >= 0.3 is 0 Å². The summed E-state index contributed by atoms with van der Waals surface area (Å²) in [4.78, 5) is 1.26. The zero-order chi connectivity index (χ0) is 15.8. The first-order chi connectivity index (χ1) is 10.7. The molecule has 0 bridgehead atoms. The number of nitrogens with one attached hydrogen (secondary N) is 2. The third-order valence-corrected chi connectivity index (χ3v) is 4.04. The fourth-order valence-electron chi connectivity index (χ4n) is 1.94. The van der Waals surface area contributed by atoms with Gasteiger partial charge in [-0.25, -0.2) is 0 Å². The van der Waals surface area contributed by atoms with E-state index in [0.29, 0.717) is 18.3 Å². The molecule has 2 rings (SSSR count). The first kappa shape index (κ1) is 16.6. The fourth-order valence-corrected chi connectivity index (χ4v) is 2.53. The van der Waals surface area contributed by atoms with Gasteiger partial charge < -0.3 is 15.4 Å². The molecule has 5 heteroatoms. The van der Waals surface area contributed by atoms with Crippen LogP contribution in [-0.4, -0.2) is 18.0 Å². The molecule has 0 atom stereocenters. The van der Waals surface area contributed by atoms with Gasteiger partial charge in [-0.2, -0.15) is 0 Å². The molecule has 0 aliphatic rings. The Hall–Kier alpha value is -1.72. The first-order valence-corrected chi connectivity index (χ1v) is 8.76. The van der Waals surface area contributed by atoms with Crippen molar-refractivity contribution >= 4 is 34.8 Å². The van der Waals surface area contributed by atoms with Gasteiger partial charge in [-0.15, -0.1) is 11.8 Å². The predicted octanol–water partition coefficient (Wildman–Crippen LogP) is 4.29.